The molecule has 66 heavy (non-hydrogen) atoms. The summed E-state index contributed by atoms with van der Waals surface area (Å²) in [4.78, 5) is 5.41. The van der Waals surface area contributed by atoms with Crippen LogP contribution in [0.5, 0.6) is 0 Å². The van der Waals surface area contributed by atoms with Crippen molar-refractivity contribution in [3.05, 3.63) is 226 Å². The van der Waals surface area contributed by atoms with Crippen LogP contribution in [0.25, 0.3) is 54.2 Å². The fourth-order valence-corrected chi connectivity index (χ4v) is 12.8. The van der Waals surface area contributed by atoms with Gasteiger partial charge in [0.2, 0.25) is 0 Å². The maximum absolute atomic E-state index is 2.72. The summed E-state index contributed by atoms with van der Waals surface area (Å²) < 4.78 is 0. The molecule has 10 aromatic rings. The molecule has 10 aromatic carbocycles. The molecule has 13 rings (SSSR count). The lowest BCUT2D eigenvalue weighted by Gasteiger charge is -2.53. The van der Waals surface area contributed by atoms with E-state index in [4.69, 9.17) is 0 Å². The van der Waals surface area contributed by atoms with E-state index in [1.165, 1.54) is 121 Å². The Morgan fingerprint density at radius 2 is 0.848 bits per heavy atom. The molecule has 0 saturated carbocycles. The van der Waals surface area contributed by atoms with Crippen LogP contribution in [0.15, 0.2) is 182 Å². The molecule has 0 bridgehead atoms. The maximum Gasteiger partial charge on any atom is 0.0960 e. The van der Waals surface area contributed by atoms with E-state index in [1.807, 2.05) is 0 Å². The first-order valence-corrected chi connectivity index (χ1v) is 24.1. The highest BCUT2D eigenvalue weighted by Gasteiger charge is 2.57. The molecule has 2 atom stereocenters. The van der Waals surface area contributed by atoms with Gasteiger partial charge >= 0.3 is 0 Å². The standard InChI is InChI=1S/C64H54N2/c1-7-63(65(45-29-25-40(3)26-30-45)60-34-42-17-9-11-19-47(42)49-21-13-15-23-51(49)60)39-44-33-53-54-36-58-59(38-57(54)62(5,6)56(53)37-55(44)63)64(58,8-2)66(46-31-27-41(4)28-32-46)61-35-43-18-10-12-20-48(43)50-22-14-16-24-52(50)61/h9-38H,7-8,39H2,1-6H3. The first-order valence-electron chi connectivity index (χ1n) is 24.1. The highest BCUT2D eigenvalue weighted by Crippen LogP contribution is 2.65. The van der Waals surface area contributed by atoms with Gasteiger partial charge in [-0.15, -0.1) is 0 Å². The van der Waals surface area contributed by atoms with Crippen LogP contribution in [0.1, 0.15) is 85.0 Å². The quantitative estimate of drug-likeness (QED) is 0.141. The smallest absolute Gasteiger partial charge is 0.0960 e. The van der Waals surface area contributed by atoms with Gasteiger partial charge in [-0.25, -0.2) is 0 Å². The summed E-state index contributed by atoms with van der Waals surface area (Å²) >= 11 is 0. The van der Waals surface area contributed by atoms with Crippen molar-refractivity contribution in [2.45, 2.75) is 77.3 Å². The monoisotopic (exact) mass is 850 g/mol. The molecule has 0 heterocycles. The highest BCUT2D eigenvalue weighted by atomic mass is 15.2. The van der Waals surface area contributed by atoms with E-state index in [2.05, 4.69) is 233 Å². The van der Waals surface area contributed by atoms with Gasteiger partial charge in [0.05, 0.1) is 22.5 Å². The van der Waals surface area contributed by atoms with Crippen LogP contribution in [0.4, 0.5) is 22.7 Å². The number of anilines is 4. The van der Waals surface area contributed by atoms with E-state index >= 15 is 0 Å². The van der Waals surface area contributed by atoms with Crippen molar-refractivity contribution in [3.8, 4) is 11.1 Å². The summed E-state index contributed by atoms with van der Waals surface area (Å²) in [6.07, 6.45) is 2.94. The summed E-state index contributed by atoms with van der Waals surface area (Å²) in [6.45, 7) is 14.1. The van der Waals surface area contributed by atoms with Gasteiger partial charge in [-0.1, -0.05) is 178 Å². The average Bonchev–Trinajstić information content (AvgIpc) is 3.93. The fourth-order valence-electron chi connectivity index (χ4n) is 12.8. The van der Waals surface area contributed by atoms with Gasteiger partial charge in [-0.2, -0.15) is 0 Å². The lowest BCUT2D eigenvalue weighted by Crippen LogP contribution is -2.52. The third kappa shape index (κ3) is 5.24. The molecule has 0 radical (unpaired) electrons. The Hall–Kier alpha value is -7.16. The van der Waals surface area contributed by atoms with E-state index in [0.717, 1.165) is 19.3 Å². The summed E-state index contributed by atoms with van der Waals surface area (Å²) in [5.41, 5.74) is 18.5. The SMILES string of the molecule is CCC1(N(c2ccc(C)cc2)c2cc3ccccc3c3ccccc23)Cc2cc3c(cc21)C(C)(C)c1cc2c(cc1-3)C2(CC)N(c1ccc(C)cc1)c1cc2ccccc2c2ccccc12. The van der Waals surface area contributed by atoms with Crippen molar-refractivity contribution >= 4 is 65.8 Å². The minimum atomic E-state index is -0.268. The molecule has 320 valence electrons. The van der Waals surface area contributed by atoms with Crippen molar-refractivity contribution in [2.24, 2.45) is 0 Å². The third-order valence-electron chi connectivity index (χ3n) is 16.3. The van der Waals surface area contributed by atoms with Gasteiger partial charge in [-0.05, 0) is 146 Å². The topological polar surface area (TPSA) is 6.48 Å². The highest BCUT2D eigenvalue weighted by molar-refractivity contribution is 6.15. The van der Waals surface area contributed by atoms with Gasteiger partial charge in [0, 0.05) is 34.0 Å². The number of nitrogens with zero attached hydrogens (tertiary/aromatic N) is 2. The molecule has 3 aliphatic carbocycles. The molecular formula is C64H54N2. The van der Waals surface area contributed by atoms with Crippen molar-refractivity contribution in [1.82, 2.24) is 0 Å². The van der Waals surface area contributed by atoms with Crippen molar-refractivity contribution in [2.75, 3.05) is 9.80 Å². The summed E-state index contributed by atoms with van der Waals surface area (Å²) in [6, 6.07) is 69.6. The van der Waals surface area contributed by atoms with E-state index in [9.17, 15) is 0 Å². The molecule has 0 aromatic heterocycles. The molecule has 2 heteroatoms. The van der Waals surface area contributed by atoms with E-state index in [0.29, 0.717) is 0 Å². The van der Waals surface area contributed by atoms with E-state index in [1.54, 1.807) is 0 Å². The van der Waals surface area contributed by atoms with Crippen LogP contribution in [-0.2, 0) is 22.9 Å². The summed E-state index contributed by atoms with van der Waals surface area (Å²) in [5.74, 6) is 0. The van der Waals surface area contributed by atoms with Gasteiger partial charge in [0.1, 0.15) is 0 Å². The lowest BCUT2D eigenvalue weighted by atomic mass is 9.65. The zero-order valence-electron chi connectivity index (χ0n) is 38.8. The molecule has 2 nitrogen and oxygen atoms in total. The van der Waals surface area contributed by atoms with Gasteiger partial charge in [-0.3, -0.25) is 0 Å². The van der Waals surface area contributed by atoms with Crippen LogP contribution in [-0.4, -0.2) is 0 Å². The molecule has 2 unspecified atom stereocenters. The number of hydrogen-bond acceptors (Lipinski definition) is 2. The maximum atomic E-state index is 2.72. The predicted octanol–water partition coefficient (Wildman–Crippen LogP) is 17.0. The van der Waals surface area contributed by atoms with Crippen LogP contribution < -0.4 is 9.80 Å². The second kappa shape index (κ2) is 13.9. The number of hydrogen-bond donors (Lipinski definition) is 0. The summed E-state index contributed by atoms with van der Waals surface area (Å²) in [7, 11) is 0. The third-order valence-corrected chi connectivity index (χ3v) is 16.3. The van der Waals surface area contributed by atoms with Crippen LogP contribution in [0.2, 0.25) is 0 Å². The Balaban J connectivity index is 0.973. The van der Waals surface area contributed by atoms with E-state index < -0.39 is 0 Å². The Morgan fingerprint density at radius 1 is 0.409 bits per heavy atom. The molecule has 0 amide bonds. The minimum absolute atomic E-state index is 0.180. The second-order valence-electron chi connectivity index (χ2n) is 20.1. The first-order chi connectivity index (χ1) is 32.2. The lowest BCUT2D eigenvalue weighted by molar-refractivity contribution is 0.363. The number of rotatable bonds is 8. The van der Waals surface area contributed by atoms with Gasteiger partial charge in [0.15, 0.2) is 0 Å². The fraction of sp³-hybridized carbons (Fsp3) is 0.188. The van der Waals surface area contributed by atoms with Crippen LogP contribution in [0, 0.1) is 13.8 Å². The Labute approximate surface area is 388 Å². The normalized spacial score (nSPS) is 18.5. The predicted molar refractivity (Wildman–Crippen MR) is 280 cm³/mol. The largest absolute Gasteiger partial charge is 0.330 e. The van der Waals surface area contributed by atoms with Crippen molar-refractivity contribution in [3.63, 3.8) is 0 Å². The van der Waals surface area contributed by atoms with Crippen molar-refractivity contribution in [1.29, 1.82) is 0 Å². The Bertz CT molecular complexity index is 3650. The Morgan fingerprint density at radius 3 is 1.38 bits per heavy atom. The zero-order valence-corrected chi connectivity index (χ0v) is 38.8. The van der Waals surface area contributed by atoms with Crippen LogP contribution in [0.3, 0.4) is 0 Å². The molecule has 0 aliphatic heterocycles. The van der Waals surface area contributed by atoms with E-state index in [-0.39, 0.29) is 16.5 Å². The zero-order chi connectivity index (χ0) is 44.7. The van der Waals surface area contributed by atoms with Crippen LogP contribution >= 0.6 is 0 Å². The minimum Gasteiger partial charge on any atom is -0.330 e. The number of fused-ring (bicyclic) bond motifs is 11. The molecule has 0 fully saturated rings. The van der Waals surface area contributed by atoms with Crippen molar-refractivity contribution < 1.29 is 0 Å². The molecule has 3 aliphatic rings. The summed E-state index contributed by atoms with van der Waals surface area (Å²) in [5, 5.41) is 10.3. The molecular weight excluding hydrogens is 797 g/mol. The first kappa shape index (κ1) is 39.2. The number of aryl methyl sites for hydroxylation is 2. The second-order valence-corrected chi connectivity index (χ2v) is 20.1. The molecule has 0 saturated heterocycles. The van der Waals surface area contributed by atoms with Gasteiger partial charge in [0.25, 0.3) is 0 Å². The molecule has 0 N–H and O–H groups in total. The Kier molecular flexibility index (Phi) is 8.28. The average molecular weight is 851 g/mol. The number of benzene rings is 10. The van der Waals surface area contributed by atoms with Gasteiger partial charge < -0.3 is 9.80 Å². The molecule has 0 spiro atoms.